The summed E-state index contributed by atoms with van der Waals surface area (Å²) in [7, 11) is 1.72. The van der Waals surface area contributed by atoms with Crippen molar-refractivity contribution < 1.29 is 4.74 Å². The molecule has 0 saturated carbocycles. The van der Waals surface area contributed by atoms with Crippen LogP contribution in [-0.2, 0) is 0 Å². The Hall–Kier alpha value is -0.930. The van der Waals surface area contributed by atoms with Crippen LogP contribution in [0.5, 0.6) is 5.75 Å². The number of halogens is 3. The fourth-order valence-electron chi connectivity index (χ4n) is 3.01. The first-order valence-electron chi connectivity index (χ1n) is 6.97. The fraction of sp³-hybridized carbons (Fsp3) is 0.294. The van der Waals surface area contributed by atoms with Crippen molar-refractivity contribution >= 4 is 35.6 Å². The molecule has 2 atom stereocenters. The van der Waals surface area contributed by atoms with Crippen molar-refractivity contribution in [1.29, 1.82) is 0 Å². The first kappa shape index (κ1) is 17.4. The molecule has 2 unspecified atom stereocenters. The lowest BCUT2D eigenvalue weighted by atomic mass is 9.82. The summed E-state index contributed by atoms with van der Waals surface area (Å²) in [6.07, 6.45) is 0. The molecule has 0 amide bonds. The standard InChI is InChI=1S/C17H17Cl2NO.ClH/c1-10-12-4-3-5-16(21-2)17(12)13(9-20-10)11-6-7-14(18)15(19)8-11;/h3-8,10,13,20H,9H2,1-2H3;1H. The number of rotatable bonds is 2. The summed E-state index contributed by atoms with van der Waals surface area (Å²) >= 11 is 12.2. The van der Waals surface area contributed by atoms with Crippen LogP contribution in [0.3, 0.4) is 0 Å². The third kappa shape index (κ3) is 3.07. The van der Waals surface area contributed by atoms with Gasteiger partial charge in [-0.05, 0) is 36.2 Å². The summed E-state index contributed by atoms with van der Waals surface area (Å²) in [5, 5.41) is 4.71. The highest BCUT2D eigenvalue weighted by molar-refractivity contribution is 6.42. The van der Waals surface area contributed by atoms with E-state index in [1.165, 1.54) is 11.1 Å². The van der Waals surface area contributed by atoms with E-state index in [2.05, 4.69) is 18.3 Å². The minimum absolute atomic E-state index is 0. The van der Waals surface area contributed by atoms with E-state index in [0.29, 0.717) is 16.1 Å². The molecule has 0 spiro atoms. The minimum atomic E-state index is 0. The average molecular weight is 359 g/mol. The summed E-state index contributed by atoms with van der Waals surface area (Å²) in [4.78, 5) is 0. The van der Waals surface area contributed by atoms with Crippen LogP contribution in [-0.4, -0.2) is 13.7 Å². The molecule has 5 heteroatoms. The van der Waals surface area contributed by atoms with Gasteiger partial charge in [-0.25, -0.2) is 0 Å². The SMILES string of the molecule is COc1cccc2c1C(c1ccc(Cl)c(Cl)c1)CNC2C.Cl. The molecule has 2 aromatic carbocycles. The molecule has 0 aliphatic carbocycles. The maximum absolute atomic E-state index is 6.18. The van der Waals surface area contributed by atoms with Crippen molar-refractivity contribution in [3.63, 3.8) is 0 Å². The zero-order valence-electron chi connectivity index (χ0n) is 12.4. The van der Waals surface area contributed by atoms with Crippen LogP contribution in [0.4, 0.5) is 0 Å². The number of fused-ring (bicyclic) bond motifs is 1. The normalized spacial score (nSPS) is 20.0. The molecule has 118 valence electrons. The van der Waals surface area contributed by atoms with Crippen molar-refractivity contribution in [3.05, 3.63) is 63.1 Å². The van der Waals surface area contributed by atoms with Crippen molar-refractivity contribution in [2.24, 2.45) is 0 Å². The van der Waals surface area contributed by atoms with Crippen LogP contribution in [0.25, 0.3) is 0 Å². The highest BCUT2D eigenvalue weighted by Gasteiger charge is 2.28. The van der Waals surface area contributed by atoms with Crippen LogP contribution < -0.4 is 10.1 Å². The summed E-state index contributed by atoms with van der Waals surface area (Å²) in [5.41, 5.74) is 3.66. The molecule has 2 aromatic rings. The van der Waals surface area contributed by atoms with Crippen LogP contribution in [0.15, 0.2) is 36.4 Å². The third-order valence-electron chi connectivity index (χ3n) is 4.11. The number of nitrogens with one attached hydrogen (secondary N) is 1. The van der Waals surface area contributed by atoms with E-state index in [1.807, 2.05) is 30.3 Å². The molecule has 1 aliphatic heterocycles. The van der Waals surface area contributed by atoms with Gasteiger partial charge in [0.05, 0.1) is 17.2 Å². The topological polar surface area (TPSA) is 21.3 Å². The van der Waals surface area contributed by atoms with E-state index in [1.54, 1.807) is 7.11 Å². The van der Waals surface area contributed by atoms with Gasteiger partial charge in [0.25, 0.3) is 0 Å². The summed E-state index contributed by atoms with van der Waals surface area (Å²) in [5.74, 6) is 1.14. The number of ether oxygens (including phenoxy) is 1. The summed E-state index contributed by atoms with van der Waals surface area (Å²) in [6.45, 7) is 3.02. The average Bonchev–Trinajstić information content (AvgIpc) is 2.50. The van der Waals surface area contributed by atoms with Gasteiger partial charge in [0.2, 0.25) is 0 Å². The first-order chi connectivity index (χ1) is 10.1. The highest BCUT2D eigenvalue weighted by atomic mass is 35.5. The van der Waals surface area contributed by atoms with Gasteiger partial charge < -0.3 is 10.1 Å². The van der Waals surface area contributed by atoms with Crippen LogP contribution in [0.1, 0.15) is 35.6 Å². The maximum Gasteiger partial charge on any atom is 0.123 e. The molecule has 1 N–H and O–H groups in total. The molecule has 22 heavy (non-hydrogen) atoms. The lowest BCUT2D eigenvalue weighted by Crippen LogP contribution is -2.32. The van der Waals surface area contributed by atoms with Gasteiger partial charge >= 0.3 is 0 Å². The Morgan fingerprint density at radius 3 is 2.59 bits per heavy atom. The van der Waals surface area contributed by atoms with Gasteiger partial charge in [-0.1, -0.05) is 41.4 Å². The van der Waals surface area contributed by atoms with E-state index in [-0.39, 0.29) is 18.3 Å². The Morgan fingerprint density at radius 2 is 1.91 bits per heavy atom. The molecule has 0 aromatic heterocycles. The van der Waals surface area contributed by atoms with Gasteiger partial charge in [-0.15, -0.1) is 12.4 Å². The fourth-order valence-corrected chi connectivity index (χ4v) is 3.32. The number of benzene rings is 2. The monoisotopic (exact) mass is 357 g/mol. The van der Waals surface area contributed by atoms with Gasteiger partial charge in [0, 0.05) is 24.1 Å². The Balaban J connectivity index is 0.00000176. The Bertz CT molecular complexity index is 675. The zero-order chi connectivity index (χ0) is 15.0. The van der Waals surface area contributed by atoms with Crippen molar-refractivity contribution in [2.45, 2.75) is 18.9 Å². The molecule has 0 radical (unpaired) electrons. The molecular weight excluding hydrogens is 341 g/mol. The molecule has 2 nitrogen and oxygen atoms in total. The van der Waals surface area contributed by atoms with Crippen LogP contribution >= 0.6 is 35.6 Å². The minimum Gasteiger partial charge on any atom is -0.496 e. The maximum atomic E-state index is 6.18. The van der Waals surface area contributed by atoms with Crippen LogP contribution in [0.2, 0.25) is 10.0 Å². The van der Waals surface area contributed by atoms with E-state index >= 15 is 0 Å². The van der Waals surface area contributed by atoms with Crippen molar-refractivity contribution in [1.82, 2.24) is 5.32 Å². The Morgan fingerprint density at radius 1 is 1.14 bits per heavy atom. The summed E-state index contributed by atoms with van der Waals surface area (Å²) in [6, 6.07) is 12.4. The van der Waals surface area contributed by atoms with Crippen molar-refractivity contribution in [3.8, 4) is 5.75 Å². The van der Waals surface area contributed by atoms with Gasteiger partial charge in [-0.3, -0.25) is 0 Å². The Kier molecular flexibility index (Phi) is 5.62. The van der Waals surface area contributed by atoms with E-state index < -0.39 is 0 Å². The lowest BCUT2D eigenvalue weighted by Gasteiger charge is -2.32. The molecule has 0 fully saturated rings. The highest BCUT2D eigenvalue weighted by Crippen LogP contribution is 2.41. The van der Waals surface area contributed by atoms with Gasteiger partial charge in [0.1, 0.15) is 5.75 Å². The molecule has 1 aliphatic rings. The number of hydrogen-bond donors (Lipinski definition) is 1. The van der Waals surface area contributed by atoms with Gasteiger partial charge in [-0.2, -0.15) is 0 Å². The number of hydrogen-bond acceptors (Lipinski definition) is 2. The molecule has 0 saturated heterocycles. The van der Waals surface area contributed by atoms with E-state index in [0.717, 1.165) is 17.9 Å². The lowest BCUT2D eigenvalue weighted by molar-refractivity contribution is 0.397. The second-order valence-corrected chi connectivity index (χ2v) is 6.13. The smallest absolute Gasteiger partial charge is 0.123 e. The van der Waals surface area contributed by atoms with Crippen molar-refractivity contribution in [2.75, 3.05) is 13.7 Å². The quantitative estimate of drug-likeness (QED) is 0.794. The zero-order valence-corrected chi connectivity index (χ0v) is 14.7. The summed E-state index contributed by atoms with van der Waals surface area (Å²) < 4.78 is 5.58. The predicted octanol–water partition coefficient (Wildman–Crippen LogP) is 5.22. The molecule has 1 heterocycles. The Labute approximate surface area is 147 Å². The molecular formula is C17H18Cl3NO. The first-order valence-corrected chi connectivity index (χ1v) is 7.72. The molecule has 3 rings (SSSR count). The number of methoxy groups -OCH3 is 1. The van der Waals surface area contributed by atoms with E-state index in [9.17, 15) is 0 Å². The second-order valence-electron chi connectivity index (χ2n) is 5.32. The largest absolute Gasteiger partial charge is 0.496 e. The second kappa shape index (κ2) is 7.10. The van der Waals surface area contributed by atoms with Crippen LogP contribution in [0, 0.1) is 0 Å². The third-order valence-corrected chi connectivity index (χ3v) is 4.85. The molecule has 0 bridgehead atoms. The van der Waals surface area contributed by atoms with Gasteiger partial charge in [0.15, 0.2) is 0 Å². The van der Waals surface area contributed by atoms with E-state index in [4.69, 9.17) is 27.9 Å². The predicted molar refractivity (Wildman–Crippen MR) is 95.0 cm³/mol.